The van der Waals surface area contributed by atoms with Gasteiger partial charge in [-0.2, -0.15) is 11.8 Å². The van der Waals surface area contributed by atoms with E-state index in [1.54, 1.807) is 31.0 Å². The molecule has 0 bridgehead atoms. The van der Waals surface area contributed by atoms with Gasteiger partial charge in [-0.3, -0.25) is 4.79 Å². The minimum absolute atomic E-state index is 0.124. The van der Waals surface area contributed by atoms with Crippen molar-refractivity contribution in [3.8, 4) is 5.75 Å². The molecule has 0 aliphatic carbocycles. The van der Waals surface area contributed by atoms with Crippen molar-refractivity contribution in [2.75, 3.05) is 19.4 Å². The first-order valence-corrected chi connectivity index (χ1v) is 9.62. The molecule has 2 aromatic rings. The van der Waals surface area contributed by atoms with Crippen LogP contribution < -0.4 is 10.1 Å². The number of ether oxygens (including phenoxy) is 1. The van der Waals surface area contributed by atoms with Gasteiger partial charge < -0.3 is 10.1 Å². The predicted molar refractivity (Wildman–Crippen MR) is 108 cm³/mol. The third-order valence-corrected chi connectivity index (χ3v) is 5.12. The molecule has 0 aliphatic heterocycles. The van der Waals surface area contributed by atoms with E-state index in [1.165, 1.54) is 6.08 Å². The zero-order valence-electron chi connectivity index (χ0n) is 13.8. The SMILES string of the molecule is COc1ccccc1/C=C/C(=O)NCCSCc1ccc(Cl)c(Cl)c1. The summed E-state index contributed by atoms with van der Waals surface area (Å²) in [5.41, 5.74) is 1.98. The largest absolute Gasteiger partial charge is 0.496 e. The molecule has 0 saturated heterocycles. The summed E-state index contributed by atoms with van der Waals surface area (Å²) in [6.07, 6.45) is 3.26. The second kappa shape index (κ2) is 10.4. The van der Waals surface area contributed by atoms with Crippen molar-refractivity contribution < 1.29 is 9.53 Å². The van der Waals surface area contributed by atoms with Gasteiger partial charge in [0.1, 0.15) is 5.75 Å². The highest BCUT2D eigenvalue weighted by Crippen LogP contribution is 2.24. The smallest absolute Gasteiger partial charge is 0.244 e. The number of nitrogens with one attached hydrogen (secondary N) is 1. The summed E-state index contributed by atoms with van der Waals surface area (Å²) >= 11 is 13.6. The average Bonchev–Trinajstić information content (AvgIpc) is 2.62. The first-order valence-electron chi connectivity index (χ1n) is 7.70. The molecule has 0 spiro atoms. The lowest BCUT2D eigenvalue weighted by Crippen LogP contribution is -2.23. The Hall–Kier alpha value is -1.62. The Bertz CT molecular complexity index is 750. The van der Waals surface area contributed by atoms with Crippen LogP contribution in [0.15, 0.2) is 48.5 Å². The van der Waals surface area contributed by atoms with Crippen molar-refractivity contribution >= 4 is 46.9 Å². The van der Waals surface area contributed by atoms with Gasteiger partial charge in [-0.05, 0) is 29.8 Å². The fourth-order valence-corrected chi connectivity index (χ4v) is 3.22. The molecule has 1 N–H and O–H groups in total. The van der Waals surface area contributed by atoms with Crippen molar-refractivity contribution in [3.63, 3.8) is 0 Å². The third kappa shape index (κ3) is 6.65. The van der Waals surface area contributed by atoms with E-state index in [2.05, 4.69) is 5.32 Å². The van der Waals surface area contributed by atoms with Gasteiger partial charge in [-0.1, -0.05) is 47.5 Å². The van der Waals surface area contributed by atoms with Crippen molar-refractivity contribution in [1.29, 1.82) is 0 Å². The summed E-state index contributed by atoms with van der Waals surface area (Å²) in [6.45, 7) is 0.598. The van der Waals surface area contributed by atoms with Crippen LogP contribution >= 0.6 is 35.0 Å². The Morgan fingerprint density at radius 3 is 2.76 bits per heavy atom. The van der Waals surface area contributed by atoms with Crippen LogP contribution in [0.1, 0.15) is 11.1 Å². The number of halogens is 2. The van der Waals surface area contributed by atoms with Crippen molar-refractivity contribution in [2.24, 2.45) is 0 Å². The van der Waals surface area contributed by atoms with Crippen LogP contribution in [-0.4, -0.2) is 25.3 Å². The molecule has 132 valence electrons. The molecule has 0 unspecified atom stereocenters. The first kappa shape index (κ1) is 19.7. The van der Waals surface area contributed by atoms with E-state index in [0.29, 0.717) is 16.6 Å². The lowest BCUT2D eigenvalue weighted by molar-refractivity contribution is -0.116. The summed E-state index contributed by atoms with van der Waals surface area (Å²) in [4.78, 5) is 11.9. The van der Waals surface area contributed by atoms with E-state index in [-0.39, 0.29) is 5.91 Å². The van der Waals surface area contributed by atoms with Crippen LogP contribution in [0.2, 0.25) is 10.0 Å². The fourth-order valence-electron chi connectivity index (χ4n) is 2.09. The summed E-state index contributed by atoms with van der Waals surface area (Å²) in [5, 5.41) is 3.99. The number of rotatable bonds is 8. The Balaban J connectivity index is 1.70. The number of thioether (sulfide) groups is 1. The van der Waals surface area contributed by atoms with Gasteiger partial charge in [0.15, 0.2) is 0 Å². The van der Waals surface area contributed by atoms with E-state index in [9.17, 15) is 4.79 Å². The molecule has 0 radical (unpaired) electrons. The molecule has 3 nitrogen and oxygen atoms in total. The molecule has 2 aromatic carbocycles. The highest BCUT2D eigenvalue weighted by Gasteiger charge is 2.01. The number of hydrogen-bond donors (Lipinski definition) is 1. The van der Waals surface area contributed by atoms with Gasteiger partial charge in [-0.25, -0.2) is 0 Å². The van der Waals surface area contributed by atoms with E-state index in [1.807, 2.05) is 36.4 Å². The summed E-state index contributed by atoms with van der Waals surface area (Å²) < 4.78 is 5.24. The lowest BCUT2D eigenvalue weighted by Gasteiger charge is -2.05. The van der Waals surface area contributed by atoms with Gasteiger partial charge in [-0.15, -0.1) is 0 Å². The van der Waals surface area contributed by atoms with Gasteiger partial charge in [0, 0.05) is 29.7 Å². The maximum absolute atomic E-state index is 11.9. The van der Waals surface area contributed by atoms with Crippen molar-refractivity contribution in [1.82, 2.24) is 5.32 Å². The van der Waals surface area contributed by atoms with Gasteiger partial charge >= 0.3 is 0 Å². The normalized spacial score (nSPS) is 10.8. The second-order valence-electron chi connectivity index (χ2n) is 5.17. The van der Waals surface area contributed by atoms with Gasteiger partial charge in [0.25, 0.3) is 0 Å². The zero-order valence-corrected chi connectivity index (χ0v) is 16.1. The van der Waals surface area contributed by atoms with Crippen LogP contribution in [0.5, 0.6) is 5.75 Å². The van der Waals surface area contributed by atoms with Crippen LogP contribution in [0.4, 0.5) is 0 Å². The quantitative estimate of drug-likeness (QED) is 0.501. The van der Waals surface area contributed by atoms with Crippen molar-refractivity contribution in [3.05, 3.63) is 69.7 Å². The maximum Gasteiger partial charge on any atom is 0.244 e. The number of methoxy groups -OCH3 is 1. The summed E-state index contributed by atoms with van der Waals surface area (Å²) in [6, 6.07) is 13.2. The highest BCUT2D eigenvalue weighted by molar-refractivity contribution is 7.98. The first-order chi connectivity index (χ1) is 12.1. The molecular formula is C19H19Cl2NO2S. The minimum atomic E-state index is -0.124. The molecule has 0 saturated carbocycles. The van der Waals surface area contributed by atoms with Crippen LogP contribution in [0.3, 0.4) is 0 Å². The van der Waals surface area contributed by atoms with Crippen molar-refractivity contribution in [2.45, 2.75) is 5.75 Å². The number of amides is 1. The average molecular weight is 396 g/mol. The molecule has 0 atom stereocenters. The second-order valence-corrected chi connectivity index (χ2v) is 7.09. The lowest BCUT2D eigenvalue weighted by atomic mass is 10.2. The Morgan fingerprint density at radius 2 is 2.00 bits per heavy atom. The van der Waals surface area contributed by atoms with Gasteiger partial charge in [0.2, 0.25) is 5.91 Å². The molecule has 0 aromatic heterocycles. The molecule has 0 heterocycles. The number of para-hydroxylation sites is 1. The minimum Gasteiger partial charge on any atom is -0.496 e. The number of carbonyl (C=O) groups is 1. The molecule has 6 heteroatoms. The Labute approximate surface area is 162 Å². The predicted octanol–water partition coefficient (Wildman–Crippen LogP) is 5.06. The number of hydrogen-bond acceptors (Lipinski definition) is 3. The molecule has 2 rings (SSSR count). The highest BCUT2D eigenvalue weighted by atomic mass is 35.5. The molecule has 1 amide bonds. The van der Waals surface area contributed by atoms with Gasteiger partial charge in [0.05, 0.1) is 17.2 Å². The Morgan fingerprint density at radius 1 is 1.20 bits per heavy atom. The zero-order chi connectivity index (χ0) is 18.1. The van der Waals surface area contributed by atoms with E-state index in [4.69, 9.17) is 27.9 Å². The standard InChI is InChI=1S/C19H19Cl2NO2S/c1-24-18-5-3-2-4-15(18)7-9-19(23)22-10-11-25-13-14-6-8-16(20)17(21)12-14/h2-9,12H,10-11,13H2,1H3,(H,22,23)/b9-7+. The van der Waals surface area contributed by atoms with E-state index >= 15 is 0 Å². The third-order valence-electron chi connectivity index (χ3n) is 3.35. The summed E-state index contributed by atoms with van der Waals surface area (Å²) in [7, 11) is 1.61. The fraction of sp³-hybridized carbons (Fsp3) is 0.211. The molecular weight excluding hydrogens is 377 g/mol. The summed E-state index contributed by atoms with van der Waals surface area (Å²) in [5.74, 6) is 2.25. The van der Waals surface area contributed by atoms with Crippen LogP contribution in [0.25, 0.3) is 6.08 Å². The Kier molecular flexibility index (Phi) is 8.19. The molecule has 0 aliphatic rings. The van der Waals surface area contributed by atoms with E-state index in [0.717, 1.165) is 28.4 Å². The monoisotopic (exact) mass is 395 g/mol. The van der Waals surface area contributed by atoms with Crippen LogP contribution in [0, 0.1) is 0 Å². The van der Waals surface area contributed by atoms with Crippen LogP contribution in [-0.2, 0) is 10.5 Å². The maximum atomic E-state index is 11.9. The molecule has 25 heavy (non-hydrogen) atoms. The molecule has 0 fully saturated rings. The number of carbonyl (C=O) groups excluding carboxylic acids is 1. The van der Waals surface area contributed by atoms with E-state index < -0.39 is 0 Å². The number of benzene rings is 2. The topological polar surface area (TPSA) is 38.3 Å².